The molecule has 0 spiro atoms. The molecule has 6 heteroatoms. The molecule has 0 aliphatic rings. The number of hydrogen-bond donors (Lipinski definition) is 3. The molecule has 1 aromatic carbocycles. The number of carbonyl (C=O) groups excluding carboxylic acids is 2. The summed E-state index contributed by atoms with van der Waals surface area (Å²) in [7, 11) is 0. The first-order valence-electron chi connectivity index (χ1n) is 5.54. The number of urea groups is 1. The van der Waals surface area contributed by atoms with E-state index in [4.69, 9.17) is 5.73 Å². The number of carbonyl (C=O) groups is 2. The van der Waals surface area contributed by atoms with E-state index < -0.39 is 6.03 Å². The molecule has 6 nitrogen and oxygen atoms in total. The van der Waals surface area contributed by atoms with Crippen LogP contribution in [0.2, 0.25) is 0 Å². The molecule has 19 heavy (non-hydrogen) atoms. The van der Waals surface area contributed by atoms with Crippen molar-refractivity contribution in [3.8, 4) is 0 Å². The van der Waals surface area contributed by atoms with Crippen molar-refractivity contribution in [3.63, 3.8) is 0 Å². The van der Waals surface area contributed by atoms with Crippen molar-refractivity contribution >= 4 is 23.4 Å². The Morgan fingerprint density at radius 3 is 2.42 bits per heavy atom. The first kappa shape index (κ1) is 12.6. The molecule has 0 saturated carbocycles. The average Bonchev–Trinajstić information content (AvgIpc) is 2.39. The second-order valence-electron chi connectivity index (χ2n) is 3.70. The monoisotopic (exact) mass is 256 g/mol. The van der Waals surface area contributed by atoms with E-state index in [-0.39, 0.29) is 5.91 Å². The van der Waals surface area contributed by atoms with Crippen LogP contribution in [0.15, 0.2) is 48.7 Å². The Labute approximate surface area is 109 Å². The summed E-state index contributed by atoms with van der Waals surface area (Å²) < 4.78 is 0. The Kier molecular flexibility index (Phi) is 3.72. The van der Waals surface area contributed by atoms with Crippen molar-refractivity contribution in [1.82, 2.24) is 4.98 Å². The Morgan fingerprint density at radius 1 is 1.00 bits per heavy atom. The van der Waals surface area contributed by atoms with Gasteiger partial charge in [-0.1, -0.05) is 18.2 Å². The highest BCUT2D eigenvalue weighted by atomic mass is 16.2. The van der Waals surface area contributed by atoms with Crippen LogP contribution in [0.5, 0.6) is 0 Å². The summed E-state index contributed by atoms with van der Waals surface area (Å²) in [5.74, 6) is 0.0597. The van der Waals surface area contributed by atoms with Crippen molar-refractivity contribution in [3.05, 3.63) is 54.2 Å². The summed E-state index contributed by atoms with van der Waals surface area (Å²) in [4.78, 5) is 26.9. The quantitative estimate of drug-likeness (QED) is 0.781. The van der Waals surface area contributed by atoms with E-state index in [1.165, 1.54) is 0 Å². The van der Waals surface area contributed by atoms with E-state index in [9.17, 15) is 9.59 Å². The van der Waals surface area contributed by atoms with E-state index in [1.54, 1.807) is 48.7 Å². The van der Waals surface area contributed by atoms with Crippen LogP contribution in [-0.2, 0) is 0 Å². The van der Waals surface area contributed by atoms with Gasteiger partial charge in [0.05, 0.1) is 11.3 Å². The minimum absolute atomic E-state index is 0.312. The zero-order chi connectivity index (χ0) is 13.7. The molecule has 0 bridgehead atoms. The second kappa shape index (κ2) is 5.63. The highest BCUT2D eigenvalue weighted by Crippen LogP contribution is 2.16. The van der Waals surface area contributed by atoms with Crippen LogP contribution in [0.1, 0.15) is 10.4 Å². The predicted octanol–water partition coefficient (Wildman–Crippen LogP) is 1.82. The molecular formula is C13H12N4O2. The maximum absolute atomic E-state index is 12.1. The normalized spacial score (nSPS) is 9.68. The maximum atomic E-state index is 12.1. The molecule has 0 unspecified atom stereocenters. The lowest BCUT2D eigenvalue weighted by Crippen LogP contribution is -2.22. The van der Waals surface area contributed by atoms with Crippen molar-refractivity contribution in [2.75, 3.05) is 10.6 Å². The lowest BCUT2D eigenvalue weighted by Gasteiger charge is -2.09. The molecule has 96 valence electrons. The lowest BCUT2D eigenvalue weighted by atomic mass is 10.1. The van der Waals surface area contributed by atoms with E-state index >= 15 is 0 Å². The first-order chi connectivity index (χ1) is 9.16. The molecule has 0 fully saturated rings. The van der Waals surface area contributed by atoms with Gasteiger partial charge in [0, 0.05) is 6.20 Å². The van der Waals surface area contributed by atoms with Crippen LogP contribution < -0.4 is 16.4 Å². The fourth-order valence-corrected chi connectivity index (χ4v) is 1.54. The highest BCUT2D eigenvalue weighted by Gasteiger charge is 2.12. The van der Waals surface area contributed by atoms with Crippen molar-refractivity contribution in [2.45, 2.75) is 0 Å². The number of pyridine rings is 1. The van der Waals surface area contributed by atoms with Crippen LogP contribution in [0.3, 0.4) is 0 Å². The van der Waals surface area contributed by atoms with E-state index in [1.807, 2.05) is 0 Å². The van der Waals surface area contributed by atoms with Gasteiger partial charge in [0.15, 0.2) is 0 Å². The Balaban J connectivity index is 2.21. The number of hydrogen-bond acceptors (Lipinski definition) is 3. The number of nitrogens with zero attached hydrogens (tertiary/aromatic N) is 1. The summed E-state index contributed by atoms with van der Waals surface area (Å²) in [6, 6.07) is 11.0. The van der Waals surface area contributed by atoms with E-state index in [2.05, 4.69) is 15.6 Å². The molecule has 1 aromatic heterocycles. The Morgan fingerprint density at radius 2 is 1.74 bits per heavy atom. The van der Waals surface area contributed by atoms with E-state index in [0.717, 1.165) is 0 Å². The number of nitrogens with one attached hydrogen (secondary N) is 2. The number of rotatable bonds is 3. The standard InChI is InChI=1S/C13H12N4O2/c14-13(19)16-10-6-2-1-5-9(10)12(18)17-11-7-3-4-8-15-11/h1-8H,(H3,14,16,19)(H,15,17,18). The van der Waals surface area contributed by atoms with Crippen LogP contribution in [0, 0.1) is 0 Å². The summed E-state index contributed by atoms with van der Waals surface area (Å²) >= 11 is 0. The van der Waals surface area contributed by atoms with Gasteiger partial charge in [0.25, 0.3) is 5.91 Å². The molecule has 0 saturated heterocycles. The summed E-state index contributed by atoms with van der Waals surface area (Å²) in [5, 5.41) is 5.03. The van der Waals surface area contributed by atoms with Gasteiger partial charge in [-0.25, -0.2) is 9.78 Å². The topological polar surface area (TPSA) is 97.1 Å². The van der Waals surface area contributed by atoms with Gasteiger partial charge >= 0.3 is 6.03 Å². The van der Waals surface area contributed by atoms with Crippen LogP contribution in [0.4, 0.5) is 16.3 Å². The second-order valence-corrected chi connectivity index (χ2v) is 3.70. The molecule has 1 heterocycles. The van der Waals surface area contributed by atoms with Crippen LogP contribution >= 0.6 is 0 Å². The summed E-state index contributed by atoms with van der Waals surface area (Å²) in [5.41, 5.74) is 5.71. The SMILES string of the molecule is NC(=O)Nc1ccccc1C(=O)Nc1ccccn1. The number of nitrogens with two attached hydrogens (primary N) is 1. The molecule has 0 atom stereocenters. The summed E-state index contributed by atoms with van der Waals surface area (Å²) in [6.45, 7) is 0. The fraction of sp³-hybridized carbons (Fsp3) is 0. The smallest absolute Gasteiger partial charge is 0.316 e. The number of benzene rings is 1. The van der Waals surface area contributed by atoms with Crippen LogP contribution in [-0.4, -0.2) is 16.9 Å². The molecule has 2 aromatic rings. The third kappa shape index (κ3) is 3.29. The Hall–Kier alpha value is -2.89. The maximum Gasteiger partial charge on any atom is 0.316 e. The number of aromatic nitrogens is 1. The summed E-state index contributed by atoms with van der Waals surface area (Å²) in [6.07, 6.45) is 1.57. The van der Waals surface area contributed by atoms with Gasteiger partial charge in [-0.15, -0.1) is 0 Å². The van der Waals surface area contributed by atoms with Gasteiger partial charge in [-0.2, -0.15) is 0 Å². The highest BCUT2D eigenvalue weighted by molar-refractivity contribution is 6.09. The minimum atomic E-state index is -0.724. The van der Waals surface area contributed by atoms with Crippen molar-refractivity contribution in [1.29, 1.82) is 0 Å². The average molecular weight is 256 g/mol. The van der Waals surface area contributed by atoms with Gasteiger partial charge in [0.2, 0.25) is 0 Å². The van der Waals surface area contributed by atoms with Crippen molar-refractivity contribution in [2.24, 2.45) is 5.73 Å². The fourth-order valence-electron chi connectivity index (χ4n) is 1.54. The van der Waals surface area contributed by atoms with Crippen molar-refractivity contribution < 1.29 is 9.59 Å². The predicted molar refractivity (Wildman–Crippen MR) is 71.8 cm³/mol. The molecule has 0 aliphatic heterocycles. The van der Waals surface area contributed by atoms with Crippen LogP contribution in [0.25, 0.3) is 0 Å². The van der Waals surface area contributed by atoms with Gasteiger partial charge in [-0.3, -0.25) is 4.79 Å². The molecule has 0 aliphatic carbocycles. The lowest BCUT2D eigenvalue weighted by molar-refractivity contribution is 0.102. The molecule has 4 N–H and O–H groups in total. The largest absolute Gasteiger partial charge is 0.351 e. The Bertz CT molecular complexity index is 599. The zero-order valence-electron chi connectivity index (χ0n) is 9.96. The van der Waals surface area contributed by atoms with Gasteiger partial charge < -0.3 is 16.4 Å². The number of primary amides is 1. The zero-order valence-corrected chi connectivity index (χ0v) is 9.96. The van der Waals surface area contributed by atoms with Gasteiger partial charge in [0.1, 0.15) is 5.82 Å². The number of amides is 3. The van der Waals surface area contributed by atoms with E-state index in [0.29, 0.717) is 17.1 Å². The first-order valence-corrected chi connectivity index (χ1v) is 5.54. The van der Waals surface area contributed by atoms with Gasteiger partial charge in [-0.05, 0) is 24.3 Å². The third-order valence-corrected chi connectivity index (χ3v) is 2.34. The molecular weight excluding hydrogens is 244 g/mol. The minimum Gasteiger partial charge on any atom is -0.351 e. The third-order valence-electron chi connectivity index (χ3n) is 2.34. The number of anilines is 2. The molecule has 0 radical (unpaired) electrons. The number of para-hydroxylation sites is 1. The molecule has 2 rings (SSSR count). The molecule has 3 amide bonds.